The summed E-state index contributed by atoms with van der Waals surface area (Å²) in [5.41, 5.74) is -0.00362. The van der Waals surface area contributed by atoms with Crippen molar-refractivity contribution in [2.45, 2.75) is 26.3 Å². The van der Waals surface area contributed by atoms with Crippen molar-refractivity contribution in [1.29, 1.82) is 0 Å². The Morgan fingerprint density at radius 3 is 2.46 bits per heavy atom. The van der Waals surface area contributed by atoms with Gasteiger partial charge in [-0.05, 0) is 39.1 Å². The van der Waals surface area contributed by atoms with Crippen LogP contribution in [0.2, 0.25) is 0 Å². The van der Waals surface area contributed by atoms with Crippen LogP contribution in [0.25, 0.3) is 0 Å². The smallest absolute Gasteiger partial charge is 0.201 e. The predicted octanol–water partition coefficient (Wildman–Crippen LogP) is 2.41. The molecule has 0 aromatic carbocycles. The zero-order valence-electron chi connectivity index (χ0n) is 8.46. The molecule has 4 heteroatoms. The Bertz CT molecular complexity index is 349. The molecule has 0 unspecified atom stereocenters. The second-order valence-electron chi connectivity index (χ2n) is 3.89. The fourth-order valence-corrected chi connectivity index (χ4v) is 1.49. The molecule has 13 heavy (non-hydrogen) atoms. The molecule has 0 aliphatic carbocycles. The highest BCUT2D eigenvalue weighted by atomic mass is 32.1. The predicted molar refractivity (Wildman–Crippen MR) is 57.6 cm³/mol. The Hall–Kier alpha value is -0.900. The van der Waals surface area contributed by atoms with Crippen molar-refractivity contribution in [2.24, 2.45) is 0 Å². The zero-order valence-corrected chi connectivity index (χ0v) is 9.27. The van der Waals surface area contributed by atoms with Gasteiger partial charge in [-0.2, -0.15) is 0 Å². The van der Waals surface area contributed by atoms with Crippen LogP contribution in [0.4, 0.5) is 5.82 Å². The summed E-state index contributed by atoms with van der Waals surface area (Å²) in [5.74, 6) is 0.811. The van der Waals surface area contributed by atoms with Crippen LogP contribution in [0, 0.1) is 4.77 Å². The highest BCUT2D eigenvalue weighted by molar-refractivity contribution is 7.71. The molecule has 0 saturated carbocycles. The molecule has 1 aromatic heterocycles. The van der Waals surface area contributed by atoms with Gasteiger partial charge < -0.3 is 9.88 Å². The summed E-state index contributed by atoms with van der Waals surface area (Å²) in [4.78, 5) is 4.22. The van der Waals surface area contributed by atoms with Crippen molar-refractivity contribution in [2.75, 3.05) is 12.4 Å². The minimum atomic E-state index is -0.00362. The molecule has 0 atom stereocenters. The molecule has 1 rings (SSSR count). The van der Waals surface area contributed by atoms with Crippen molar-refractivity contribution >= 4 is 18.0 Å². The van der Waals surface area contributed by atoms with Crippen LogP contribution in [0.5, 0.6) is 0 Å². The largest absolute Gasteiger partial charge is 0.373 e. The van der Waals surface area contributed by atoms with Gasteiger partial charge in [-0.25, -0.2) is 4.98 Å². The van der Waals surface area contributed by atoms with E-state index < -0.39 is 0 Å². The van der Waals surface area contributed by atoms with Crippen molar-refractivity contribution in [3.63, 3.8) is 0 Å². The van der Waals surface area contributed by atoms with E-state index in [0.29, 0.717) is 4.77 Å². The molecule has 0 aliphatic heterocycles. The van der Waals surface area contributed by atoms with Gasteiger partial charge in [0.1, 0.15) is 5.82 Å². The third-order valence-electron chi connectivity index (χ3n) is 1.78. The number of rotatable bonds is 1. The standard InChI is InChI=1S/C9H15N3S/c1-9(2,3)12-6-5-7(10-4)11-8(12)13/h5-6H,1-4H3,(H,10,11,13). The third-order valence-corrected chi connectivity index (χ3v) is 2.07. The lowest BCUT2D eigenvalue weighted by Crippen LogP contribution is -2.23. The Morgan fingerprint density at radius 2 is 2.08 bits per heavy atom. The minimum Gasteiger partial charge on any atom is -0.373 e. The van der Waals surface area contributed by atoms with Gasteiger partial charge in [-0.1, -0.05) is 0 Å². The molecule has 0 spiro atoms. The van der Waals surface area contributed by atoms with E-state index in [1.807, 2.05) is 23.9 Å². The van der Waals surface area contributed by atoms with Gasteiger partial charge in [0, 0.05) is 18.8 Å². The fraction of sp³-hybridized carbons (Fsp3) is 0.556. The molecule has 1 N–H and O–H groups in total. The van der Waals surface area contributed by atoms with Gasteiger partial charge in [-0.3, -0.25) is 0 Å². The Kier molecular flexibility index (Phi) is 2.71. The van der Waals surface area contributed by atoms with Crippen molar-refractivity contribution in [1.82, 2.24) is 9.55 Å². The number of hydrogen-bond donors (Lipinski definition) is 1. The Morgan fingerprint density at radius 1 is 1.46 bits per heavy atom. The van der Waals surface area contributed by atoms with Crippen LogP contribution < -0.4 is 5.32 Å². The maximum atomic E-state index is 5.17. The number of nitrogens with zero attached hydrogens (tertiary/aromatic N) is 2. The van der Waals surface area contributed by atoms with E-state index in [9.17, 15) is 0 Å². The summed E-state index contributed by atoms with van der Waals surface area (Å²) in [5, 5.41) is 2.96. The van der Waals surface area contributed by atoms with E-state index in [1.54, 1.807) is 0 Å². The normalized spacial score (nSPS) is 11.4. The Labute approximate surface area is 83.8 Å². The van der Waals surface area contributed by atoms with Crippen molar-refractivity contribution in [3.05, 3.63) is 17.0 Å². The van der Waals surface area contributed by atoms with Gasteiger partial charge in [0.2, 0.25) is 4.77 Å². The quantitative estimate of drug-likeness (QED) is 0.701. The maximum absolute atomic E-state index is 5.17. The van der Waals surface area contributed by atoms with Crippen LogP contribution in [0.3, 0.4) is 0 Å². The molecule has 1 heterocycles. The van der Waals surface area contributed by atoms with Gasteiger partial charge in [0.05, 0.1) is 0 Å². The summed E-state index contributed by atoms with van der Waals surface area (Å²) in [6.45, 7) is 6.30. The lowest BCUT2D eigenvalue weighted by atomic mass is 10.1. The van der Waals surface area contributed by atoms with Gasteiger partial charge in [0.15, 0.2) is 0 Å². The Balaban J connectivity index is 3.21. The highest BCUT2D eigenvalue weighted by Gasteiger charge is 2.12. The number of nitrogens with one attached hydrogen (secondary N) is 1. The average molecular weight is 197 g/mol. The molecule has 0 bridgehead atoms. The molecule has 0 fully saturated rings. The highest BCUT2D eigenvalue weighted by Crippen LogP contribution is 2.14. The minimum absolute atomic E-state index is 0.00362. The lowest BCUT2D eigenvalue weighted by Gasteiger charge is -2.22. The molecule has 1 aromatic rings. The summed E-state index contributed by atoms with van der Waals surface area (Å²) in [6.07, 6.45) is 1.96. The molecule has 0 amide bonds. The number of aromatic nitrogens is 2. The number of anilines is 1. The van der Waals surface area contributed by atoms with Gasteiger partial charge in [-0.15, -0.1) is 0 Å². The summed E-state index contributed by atoms with van der Waals surface area (Å²) >= 11 is 5.17. The SMILES string of the molecule is CNc1ccn(C(C)(C)C)c(=S)n1. The molecule has 0 saturated heterocycles. The molecule has 0 aliphatic rings. The first-order valence-corrected chi connectivity index (χ1v) is 4.64. The van der Waals surface area contributed by atoms with Crippen LogP contribution in [-0.2, 0) is 5.54 Å². The van der Waals surface area contributed by atoms with E-state index in [4.69, 9.17) is 12.2 Å². The summed E-state index contributed by atoms with van der Waals surface area (Å²) in [7, 11) is 1.83. The van der Waals surface area contributed by atoms with Crippen molar-refractivity contribution < 1.29 is 0 Å². The topological polar surface area (TPSA) is 29.9 Å². The first kappa shape index (κ1) is 10.2. The van der Waals surface area contributed by atoms with Crippen LogP contribution in [-0.4, -0.2) is 16.6 Å². The van der Waals surface area contributed by atoms with E-state index >= 15 is 0 Å². The van der Waals surface area contributed by atoms with E-state index in [0.717, 1.165) is 5.82 Å². The van der Waals surface area contributed by atoms with Crippen LogP contribution in [0.1, 0.15) is 20.8 Å². The maximum Gasteiger partial charge on any atom is 0.201 e. The van der Waals surface area contributed by atoms with E-state index in [2.05, 4.69) is 31.1 Å². The zero-order chi connectivity index (χ0) is 10.1. The van der Waals surface area contributed by atoms with Gasteiger partial charge >= 0.3 is 0 Å². The summed E-state index contributed by atoms with van der Waals surface area (Å²) < 4.78 is 2.59. The van der Waals surface area contributed by atoms with E-state index in [1.165, 1.54) is 0 Å². The van der Waals surface area contributed by atoms with E-state index in [-0.39, 0.29) is 5.54 Å². The molecule has 0 radical (unpaired) electrons. The van der Waals surface area contributed by atoms with Gasteiger partial charge in [0.25, 0.3) is 0 Å². The van der Waals surface area contributed by atoms with Crippen LogP contribution in [0.15, 0.2) is 12.3 Å². The monoisotopic (exact) mass is 197 g/mol. The molecule has 72 valence electrons. The number of hydrogen-bond acceptors (Lipinski definition) is 3. The first-order valence-electron chi connectivity index (χ1n) is 4.23. The first-order chi connectivity index (χ1) is 5.95. The van der Waals surface area contributed by atoms with Crippen LogP contribution >= 0.6 is 12.2 Å². The lowest BCUT2D eigenvalue weighted by molar-refractivity contribution is 0.385. The average Bonchev–Trinajstić information content (AvgIpc) is 2.01. The molecular weight excluding hydrogens is 182 g/mol. The van der Waals surface area contributed by atoms with Crippen molar-refractivity contribution in [3.8, 4) is 0 Å². The summed E-state index contributed by atoms with van der Waals surface area (Å²) in [6, 6.07) is 1.92. The molecular formula is C9H15N3S. The third kappa shape index (κ3) is 2.28. The second kappa shape index (κ2) is 3.46. The fourth-order valence-electron chi connectivity index (χ4n) is 1.05. The molecule has 3 nitrogen and oxygen atoms in total. The second-order valence-corrected chi connectivity index (χ2v) is 4.25.